The number of carbonyl (C=O) groups is 2. The van der Waals surface area contributed by atoms with Crippen molar-refractivity contribution < 1.29 is 22.7 Å². The number of ether oxygens (including phenoxy) is 1. The second kappa shape index (κ2) is 15.4. The van der Waals surface area contributed by atoms with Crippen molar-refractivity contribution >= 4 is 52.7 Å². The number of hydrogen-bond donors (Lipinski definition) is 4. The molecule has 0 radical (unpaired) electrons. The van der Waals surface area contributed by atoms with E-state index in [4.69, 9.17) is 4.74 Å². The molecule has 1 aromatic heterocycles. The number of anilines is 1. The summed E-state index contributed by atoms with van der Waals surface area (Å²) in [6.07, 6.45) is 4.50. The fourth-order valence-electron chi connectivity index (χ4n) is 5.17. The van der Waals surface area contributed by atoms with Gasteiger partial charge in [-0.05, 0) is 84.9 Å². The summed E-state index contributed by atoms with van der Waals surface area (Å²) < 4.78 is 35.2. The second-order valence-corrected chi connectivity index (χ2v) is 15.2. The molecule has 0 saturated heterocycles. The van der Waals surface area contributed by atoms with Crippen LogP contribution in [0.2, 0.25) is 0 Å². The number of thiazole rings is 1. The van der Waals surface area contributed by atoms with E-state index >= 15 is 0 Å². The molecule has 0 unspecified atom stereocenters. The quantitative estimate of drug-likeness (QED) is 0.192. The van der Waals surface area contributed by atoms with Gasteiger partial charge in [0.05, 0.1) is 26.9 Å². The third-order valence-electron chi connectivity index (χ3n) is 7.15. The first-order chi connectivity index (χ1) is 20.7. The summed E-state index contributed by atoms with van der Waals surface area (Å²) in [5.41, 5.74) is 1.11. The predicted molar refractivity (Wildman–Crippen MR) is 185 cm³/mol. The van der Waals surface area contributed by atoms with Gasteiger partial charge in [-0.2, -0.15) is 13.5 Å². The van der Waals surface area contributed by atoms with Crippen LogP contribution in [0.15, 0.2) is 59.6 Å². The van der Waals surface area contributed by atoms with Gasteiger partial charge in [-0.3, -0.25) is 0 Å². The smallest absolute Gasteiger partial charge is 0.407 e. The lowest BCUT2D eigenvalue weighted by Crippen LogP contribution is -2.40. The van der Waals surface area contributed by atoms with E-state index in [1.165, 1.54) is 17.4 Å². The summed E-state index contributed by atoms with van der Waals surface area (Å²) in [6, 6.07) is 13.9. The van der Waals surface area contributed by atoms with Crippen LogP contribution in [0.3, 0.4) is 0 Å². The Morgan fingerprint density at radius 2 is 1.67 bits per heavy atom. The highest BCUT2D eigenvalue weighted by atomic mass is 32.2. The third kappa shape index (κ3) is 10.5. The van der Waals surface area contributed by atoms with Crippen LogP contribution in [0.4, 0.5) is 15.3 Å². The van der Waals surface area contributed by atoms with Gasteiger partial charge in [0.15, 0.2) is 0 Å². The first-order valence-corrected chi connectivity index (χ1v) is 17.2. The monoisotopic (exact) mass is 675 g/mol. The minimum Gasteiger partial charge on any atom is -0.447 e. The van der Waals surface area contributed by atoms with E-state index in [1.807, 2.05) is 51.1 Å². The Labute approximate surface area is 277 Å². The molecule has 4 rings (SSSR count). The van der Waals surface area contributed by atoms with Crippen LogP contribution in [0.5, 0.6) is 0 Å². The lowest BCUT2D eigenvalue weighted by molar-refractivity contribution is 0.109. The van der Waals surface area contributed by atoms with Crippen LogP contribution in [-0.2, 0) is 14.8 Å². The molecule has 45 heavy (non-hydrogen) atoms. The van der Waals surface area contributed by atoms with Crippen molar-refractivity contribution in [3.05, 3.63) is 65.3 Å². The van der Waals surface area contributed by atoms with Crippen molar-refractivity contribution in [2.24, 2.45) is 0 Å². The van der Waals surface area contributed by atoms with Gasteiger partial charge in [0, 0.05) is 34.9 Å². The molecule has 1 saturated carbocycles. The first kappa shape index (κ1) is 36.3. The summed E-state index contributed by atoms with van der Waals surface area (Å²) in [4.78, 5) is 30.3. The Kier molecular flexibility index (Phi) is 12.5. The number of hydrogen-bond acceptors (Lipinski definition) is 7. The third-order valence-corrected chi connectivity index (χ3v) is 10.1. The van der Waals surface area contributed by atoms with Gasteiger partial charge in [0.25, 0.3) is 0 Å². The summed E-state index contributed by atoms with van der Waals surface area (Å²) in [5.74, 6) is 0.219. The van der Waals surface area contributed by atoms with Crippen LogP contribution in [0.1, 0.15) is 89.8 Å². The van der Waals surface area contributed by atoms with E-state index in [0.29, 0.717) is 11.3 Å². The molecule has 246 valence electrons. The van der Waals surface area contributed by atoms with Crippen molar-refractivity contribution in [2.75, 3.05) is 5.32 Å². The molecule has 13 heteroatoms. The van der Waals surface area contributed by atoms with Crippen LogP contribution in [-0.4, -0.2) is 43.2 Å². The minimum absolute atomic E-state index is 0. The SMILES string of the molecule is CC(C)OC(=O)NC1CCC(c2ncc(-c3ccc(NC(=O)N[C@@H](C)c4ccccc4)cc3S(=O)(=O)NC(C)(C)C)s2)CC1.S. The van der Waals surface area contributed by atoms with Crippen LogP contribution in [0, 0.1) is 0 Å². The average molecular weight is 676 g/mol. The topological polar surface area (TPSA) is 139 Å². The lowest BCUT2D eigenvalue weighted by atomic mass is 9.86. The Morgan fingerprint density at radius 3 is 2.29 bits per heavy atom. The maximum absolute atomic E-state index is 13.6. The predicted octanol–water partition coefficient (Wildman–Crippen LogP) is 7.04. The first-order valence-electron chi connectivity index (χ1n) is 14.9. The fourth-order valence-corrected chi connectivity index (χ4v) is 8.03. The molecule has 0 aliphatic heterocycles. The minimum atomic E-state index is -3.96. The number of aromatic nitrogens is 1. The number of benzene rings is 2. The zero-order valence-electron chi connectivity index (χ0n) is 26.6. The highest BCUT2D eigenvalue weighted by Gasteiger charge is 2.29. The van der Waals surface area contributed by atoms with E-state index in [1.54, 1.807) is 39.1 Å². The lowest BCUT2D eigenvalue weighted by Gasteiger charge is -2.28. The summed E-state index contributed by atoms with van der Waals surface area (Å²) >= 11 is 1.48. The molecular formula is C32H45N5O5S3. The molecule has 3 amide bonds. The molecule has 0 spiro atoms. The summed E-state index contributed by atoms with van der Waals surface area (Å²) in [6.45, 7) is 10.9. The van der Waals surface area contributed by atoms with Crippen LogP contribution < -0.4 is 20.7 Å². The molecule has 0 bridgehead atoms. The average Bonchev–Trinajstić information content (AvgIpc) is 3.42. The zero-order chi connectivity index (χ0) is 32.1. The highest BCUT2D eigenvalue weighted by molar-refractivity contribution is 7.89. The van der Waals surface area contributed by atoms with E-state index in [0.717, 1.165) is 41.1 Å². The maximum atomic E-state index is 13.6. The van der Waals surface area contributed by atoms with Gasteiger partial charge in [-0.15, -0.1) is 11.3 Å². The van der Waals surface area contributed by atoms with Gasteiger partial charge in [-0.1, -0.05) is 36.4 Å². The maximum Gasteiger partial charge on any atom is 0.407 e. The number of nitrogens with one attached hydrogen (secondary N) is 4. The zero-order valence-corrected chi connectivity index (χ0v) is 29.3. The molecule has 1 fully saturated rings. The van der Waals surface area contributed by atoms with E-state index < -0.39 is 27.7 Å². The molecular weight excluding hydrogens is 631 g/mol. The molecule has 3 aromatic rings. The molecule has 1 heterocycles. The number of nitrogens with zero attached hydrogens (tertiary/aromatic N) is 1. The second-order valence-electron chi connectivity index (χ2n) is 12.5. The van der Waals surface area contributed by atoms with Crippen molar-refractivity contribution in [3.63, 3.8) is 0 Å². The van der Waals surface area contributed by atoms with Crippen LogP contribution >= 0.6 is 24.8 Å². The fraction of sp³-hybridized carbons (Fsp3) is 0.469. The molecule has 1 aliphatic rings. The molecule has 1 aliphatic carbocycles. The number of amides is 3. The Bertz CT molecular complexity index is 1550. The van der Waals surface area contributed by atoms with Gasteiger partial charge in [-0.25, -0.2) is 27.7 Å². The number of rotatable bonds is 9. The molecule has 4 N–H and O–H groups in total. The van der Waals surface area contributed by atoms with E-state index in [-0.39, 0.29) is 42.5 Å². The summed E-state index contributed by atoms with van der Waals surface area (Å²) in [7, 11) is -3.96. The van der Waals surface area contributed by atoms with Gasteiger partial charge in [0.2, 0.25) is 10.0 Å². The van der Waals surface area contributed by atoms with Gasteiger partial charge < -0.3 is 20.7 Å². The summed E-state index contributed by atoms with van der Waals surface area (Å²) in [5, 5.41) is 9.57. The molecule has 10 nitrogen and oxygen atoms in total. The normalized spacial score (nSPS) is 17.6. The van der Waals surface area contributed by atoms with Crippen LogP contribution in [0.25, 0.3) is 10.4 Å². The van der Waals surface area contributed by atoms with Crippen molar-refractivity contribution in [2.45, 2.75) is 102 Å². The number of alkyl carbamates (subject to hydrolysis) is 1. The number of urea groups is 1. The van der Waals surface area contributed by atoms with Crippen molar-refractivity contribution in [3.8, 4) is 10.4 Å². The highest BCUT2D eigenvalue weighted by Crippen LogP contribution is 2.40. The van der Waals surface area contributed by atoms with E-state index in [9.17, 15) is 18.0 Å². The van der Waals surface area contributed by atoms with Crippen molar-refractivity contribution in [1.82, 2.24) is 20.3 Å². The largest absolute Gasteiger partial charge is 0.447 e. The Hall–Kier alpha value is -3.13. The van der Waals surface area contributed by atoms with Crippen molar-refractivity contribution in [1.29, 1.82) is 0 Å². The molecule has 2 aromatic carbocycles. The number of carbonyl (C=O) groups excluding carboxylic acids is 2. The van der Waals surface area contributed by atoms with Gasteiger partial charge in [0.1, 0.15) is 0 Å². The Morgan fingerprint density at radius 1 is 1.00 bits per heavy atom. The van der Waals surface area contributed by atoms with E-state index in [2.05, 4.69) is 25.7 Å². The molecule has 1 atom stereocenters. The van der Waals surface area contributed by atoms with Gasteiger partial charge >= 0.3 is 12.1 Å². The standard InChI is InChI=1S/C32H43N5O5S2.H2S/c1-20(2)42-31(39)36-24-14-12-23(13-15-24)29-33-19-27(43-29)26-17-16-25(18-28(26)44(40,41)37-32(4,5)6)35-30(38)34-21(3)22-10-8-7-9-11-22;/h7-11,16-21,23-24,37H,12-15H2,1-6H3,(H,36,39)(H2,34,35,38);1H2/t21-,23?,24?;/m0./s1. The number of sulfonamides is 1. The Balaban J connectivity index is 0.00000552.